The minimum absolute atomic E-state index is 0.00222. The van der Waals surface area contributed by atoms with E-state index in [-0.39, 0.29) is 11.3 Å². The molecule has 0 unspecified atom stereocenters. The number of aryl methyl sites for hydroxylation is 2. The van der Waals surface area contributed by atoms with Crippen LogP contribution in [0, 0.1) is 6.92 Å². The summed E-state index contributed by atoms with van der Waals surface area (Å²) in [4.78, 5) is 15.5. The number of rotatable bonds is 19. The van der Waals surface area contributed by atoms with Gasteiger partial charge < -0.3 is 24.6 Å². The Morgan fingerprint density at radius 2 is 1.62 bits per heavy atom. The van der Waals surface area contributed by atoms with Gasteiger partial charge in [-0.1, -0.05) is 53.7 Å². The van der Waals surface area contributed by atoms with Gasteiger partial charge in [0.1, 0.15) is 11.4 Å². The van der Waals surface area contributed by atoms with Crippen molar-refractivity contribution >= 4 is 5.91 Å². The van der Waals surface area contributed by atoms with Gasteiger partial charge in [-0.3, -0.25) is 4.79 Å². The van der Waals surface area contributed by atoms with Gasteiger partial charge in [-0.15, -0.1) is 0 Å². The van der Waals surface area contributed by atoms with Gasteiger partial charge in [0.05, 0.1) is 12.2 Å². The molecular weight excluding hydrogens is 498 g/mol. The van der Waals surface area contributed by atoms with E-state index < -0.39 is 5.60 Å². The fourth-order valence-electron chi connectivity index (χ4n) is 5.87. The van der Waals surface area contributed by atoms with Crippen LogP contribution in [0.4, 0.5) is 0 Å². The molecule has 0 fully saturated rings. The van der Waals surface area contributed by atoms with E-state index in [4.69, 9.17) is 4.74 Å². The number of ether oxygens (including phenoxy) is 1. The number of aliphatic hydroxyl groups is 1. The second kappa shape index (κ2) is 16.2. The van der Waals surface area contributed by atoms with Crippen LogP contribution >= 0.6 is 0 Å². The van der Waals surface area contributed by atoms with Gasteiger partial charge in [0.2, 0.25) is 0 Å². The number of carbonyl (C=O) groups excluding carboxylic acids is 1. The molecule has 0 radical (unpaired) electrons. The number of amides is 1. The first-order chi connectivity index (χ1) is 19.2. The lowest BCUT2D eigenvalue weighted by Gasteiger charge is -2.32. The highest BCUT2D eigenvalue weighted by molar-refractivity contribution is 5.93. The predicted octanol–water partition coefficient (Wildman–Crippen LogP) is 7.09. The van der Waals surface area contributed by atoms with Gasteiger partial charge in [-0.05, 0) is 101 Å². The normalized spacial score (nSPS) is 12.2. The number of unbranched alkanes of at least 4 members (excludes halogenated alkanes) is 1. The molecule has 2 N–H and O–H groups in total. The van der Waals surface area contributed by atoms with Crippen LogP contribution in [0.15, 0.2) is 30.5 Å². The quantitative estimate of drug-likeness (QED) is 0.182. The van der Waals surface area contributed by atoms with Gasteiger partial charge in [-0.2, -0.15) is 0 Å². The number of aromatic nitrogens is 1. The molecule has 226 valence electrons. The lowest BCUT2D eigenvalue weighted by atomic mass is 9.71. The van der Waals surface area contributed by atoms with E-state index in [1.54, 1.807) is 0 Å². The SMILES string of the molecule is CCN(CC)CCNC(=O)c1cc(C(CC)(CC)c2ccc(OCCCCC(O)(CC)CC)c(C)c2)cn1CC. The first kappa shape index (κ1) is 33.9. The van der Waals surface area contributed by atoms with E-state index in [1.807, 2.05) is 0 Å². The van der Waals surface area contributed by atoms with Gasteiger partial charge in [0, 0.05) is 31.2 Å². The summed E-state index contributed by atoms with van der Waals surface area (Å²) in [5.41, 5.74) is 3.61. The fourth-order valence-corrected chi connectivity index (χ4v) is 5.87. The summed E-state index contributed by atoms with van der Waals surface area (Å²) in [5.74, 6) is 0.920. The number of likely N-dealkylation sites (N-methyl/N-ethyl adjacent to an activating group) is 1. The number of hydrogen-bond acceptors (Lipinski definition) is 4. The van der Waals surface area contributed by atoms with Crippen LogP contribution in [-0.4, -0.2) is 58.9 Å². The van der Waals surface area contributed by atoms with Crippen molar-refractivity contribution < 1.29 is 14.6 Å². The third kappa shape index (κ3) is 8.36. The first-order valence-electron chi connectivity index (χ1n) is 15.8. The molecule has 1 amide bonds. The molecule has 1 aromatic carbocycles. The molecule has 2 rings (SSSR count). The zero-order valence-corrected chi connectivity index (χ0v) is 26.7. The predicted molar refractivity (Wildman–Crippen MR) is 168 cm³/mol. The summed E-state index contributed by atoms with van der Waals surface area (Å²) in [6.45, 7) is 22.0. The van der Waals surface area contributed by atoms with Gasteiger partial charge >= 0.3 is 0 Å². The molecule has 1 aromatic heterocycles. The van der Waals surface area contributed by atoms with Gasteiger partial charge in [-0.25, -0.2) is 0 Å². The molecule has 0 aliphatic rings. The number of hydrogen-bond donors (Lipinski definition) is 2. The fraction of sp³-hybridized carbons (Fsp3) is 0.676. The maximum absolute atomic E-state index is 13.2. The van der Waals surface area contributed by atoms with Crippen molar-refractivity contribution in [2.75, 3.05) is 32.8 Å². The van der Waals surface area contributed by atoms with E-state index in [2.05, 4.69) is 101 Å². The largest absolute Gasteiger partial charge is 0.493 e. The molecule has 0 atom stereocenters. The van der Waals surface area contributed by atoms with Crippen molar-refractivity contribution in [1.82, 2.24) is 14.8 Å². The Morgan fingerprint density at radius 3 is 2.17 bits per heavy atom. The van der Waals surface area contributed by atoms with E-state index in [9.17, 15) is 9.90 Å². The third-order valence-electron chi connectivity index (χ3n) is 9.18. The smallest absolute Gasteiger partial charge is 0.267 e. The van der Waals surface area contributed by atoms with Crippen LogP contribution in [0.5, 0.6) is 5.75 Å². The molecule has 40 heavy (non-hydrogen) atoms. The lowest BCUT2D eigenvalue weighted by Crippen LogP contribution is -2.35. The highest BCUT2D eigenvalue weighted by Gasteiger charge is 2.33. The zero-order valence-electron chi connectivity index (χ0n) is 26.7. The van der Waals surface area contributed by atoms with Crippen molar-refractivity contribution in [2.24, 2.45) is 0 Å². The highest BCUT2D eigenvalue weighted by atomic mass is 16.5. The van der Waals surface area contributed by atoms with Gasteiger partial charge in [0.15, 0.2) is 0 Å². The van der Waals surface area contributed by atoms with Crippen molar-refractivity contribution in [3.8, 4) is 5.75 Å². The van der Waals surface area contributed by atoms with Crippen molar-refractivity contribution in [3.05, 3.63) is 52.8 Å². The van der Waals surface area contributed by atoms with E-state index in [0.29, 0.717) is 13.2 Å². The van der Waals surface area contributed by atoms with Crippen LogP contribution in [0.25, 0.3) is 0 Å². The monoisotopic (exact) mass is 555 g/mol. The molecule has 0 bridgehead atoms. The Bertz CT molecular complexity index is 1030. The zero-order chi connectivity index (χ0) is 29.8. The maximum atomic E-state index is 13.2. The molecule has 6 heteroatoms. The Kier molecular flexibility index (Phi) is 13.7. The maximum Gasteiger partial charge on any atom is 0.267 e. The average molecular weight is 556 g/mol. The van der Waals surface area contributed by atoms with E-state index in [1.165, 1.54) is 11.1 Å². The second-order valence-corrected chi connectivity index (χ2v) is 11.2. The number of carbonyl (C=O) groups is 1. The summed E-state index contributed by atoms with van der Waals surface area (Å²) in [6.07, 6.45) is 8.38. The summed E-state index contributed by atoms with van der Waals surface area (Å²) >= 11 is 0. The van der Waals surface area contributed by atoms with Gasteiger partial charge in [0.25, 0.3) is 5.91 Å². The standard InChI is InChI=1S/C34H57N3O3/c1-9-33(39,10-2)20-16-17-23-40-31-19-18-28(24-27(31)8)34(11-3,12-4)29-25-30(37(15-7)26-29)32(38)35-21-22-36(13-5)14-6/h18-19,24-26,39H,9-17,20-23H2,1-8H3,(H,35,38). The van der Waals surface area contributed by atoms with Crippen LogP contribution in [0.1, 0.15) is 121 Å². The summed E-state index contributed by atoms with van der Waals surface area (Å²) in [7, 11) is 0. The highest BCUT2D eigenvalue weighted by Crippen LogP contribution is 2.41. The second-order valence-electron chi connectivity index (χ2n) is 11.2. The van der Waals surface area contributed by atoms with Crippen LogP contribution in [0.3, 0.4) is 0 Å². The van der Waals surface area contributed by atoms with E-state index in [0.717, 1.165) is 88.1 Å². The molecule has 1 heterocycles. The molecule has 2 aromatic rings. The van der Waals surface area contributed by atoms with Crippen molar-refractivity contribution in [1.29, 1.82) is 0 Å². The Morgan fingerprint density at radius 1 is 0.950 bits per heavy atom. The summed E-state index contributed by atoms with van der Waals surface area (Å²) in [6, 6.07) is 8.69. The third-order valence-corrected chi connectivity index (χ3v) is 9.18. The lowest BCUT2D eigenvalue weighted by molar-refractivity contribution is 0.0204. The minimum Gasteiger partial charge on any atom is -0.493 e. The molecule has 0 aliphatic carbocycles. The van der Waals surface area contributed by atoms with Crippen molar-refractivity contribution in [3.63, 3.8) is 0 Å². The topological polar surface area (TPSA) is 66.7 Å². The first-order valence-corrected chi connectivity index (χ1v) is 15.8. The molecule has 0 saturated heterocycles. The van der Waals surface area contributed by atoms with Crippen LogP contribution in [-0.2, 0) is 12.0 Å². The Labute approximate surface area is 244 Å². The van der Waals surface area contributed by atoms with Crippen LogP contribution in [0.2, 0.25) is 0 Å². The molecule has 6 nitrogen and oxygen atoms in total. The Hall–Kier alpha value is -2.31. The number of benzene rings is 1. The number of nitrogens with one attached hydrogen (secondary N) is 1. The minimum atomic E-state index is -0.538. The molecule has 0 aliphatic heterocycles. The Balaban J connectivity index is 2.18. The molecule has 0 saturated carbocycles. The van der Waals surface area contributed by atoms with E-state index >= 15 is 0 Å². The van der Waals surface area contributed by atoms with Crippen LogP contribution < -0.4 is 10.1 Å². The van der Waals surface area contributed by atoms with Crippen molar-refractivity contribution in [2.45, 2.75) is 118 Å². The summed E-state index contributed by atoms with van der Waals surface area (Å²) < 4.78 is 8.25. The average Bonchev–Trinajstić information content (AvgIpc) is 3.42. The number of nitrogens with zero attached hydrogens (tertiary/aromatic N) is 2. The summed E-state index contributed by atoms with van der Waals surface area (Å²) in [5, 5.41) is 13.7. The molecule has 0 spiro atoms. The molecular formula is C34H57N3O3.